The molecule has 1 aliphatic heterocycles. The van der Waals surface area contributed by atoms with Gasteiger partial charge in [0.25, 0.3) is 0 Å². The van der Waals surface area contributed by atoms with E-state index in [4.69, 9.17) is 4.52 Å². The lowest BCUT2D eigenvalue weighted by Crippen LogP contribution is -2.33. The molecular weight excluding hydrogens is 294 g/mol. The molecule has 1 N–H and O–H groups in total. The normalized spacial score (nSPS) is 18.5. The Hall–Kier alpha value is -2.15. The van der Waals surface area contributed by atoms with Crippen molar-refractivity contribution in [1.82, 2.24) is 19.8 Å². The summed E-state index contributed by atoms with van der Waals surface area (Å²) >= 11 is 0. The highest BCUT2D eigenvalue weighted by molar-refractivity contribution is 5.91. The largest absolute Gasteiger partial charge is 0.360 e. The Kier molecular flexibility index (Phi) is 4.21. The monoisotopic (exact) mass is 317 g/mol. The highest BCUT2D eigenvalue weighted by atomic mass is 16.5. The average Bonchev–Trinajstić information content (AvgIpc) is 3.14. The summed E-state index contributed by atoms with van der Waals surface area (Å²) in [6.45, 7) is 7.20. The maximum Gasteiger partial charge on any atom is 0.239 e. The van der Waals surface area contributed by atoms with Crippen LogP contribution in [0.3, 0.4) is 0 Å². The van der Waals surface area contributed by atoms with Crippen LogP contribution >= 0.6 is 0 Å². The average molecular weight is 317 g/mol. The molecule has 7 heteroatoms. The standard InChI is InChI=1S/C16H23N5O2/c1-10-8-14(19-23-10)17-15(22)9-21-7-5-6-13(21)16-11(2)18-20(4)12(16)3/h8,13H,5-7,9H2,1-4H3,(H,17,19,22)/t13-/m1/s1. The van der Waals surface area contributed by atoms with Gasteiger partial charge in [-0.25, -0.2) is 0 Å². The molecule has 0 unspecified atom stereocenters. The SMILES string of the molecule is Cc1cc(NC(=O)CN2CCC[C@@H]2c2c(C)nn(C)c2C)no1. The number of carbonyl (C=O) groups excluding carboxylic acids is 1. The summed E-state index contributed by atoms with van der Waals surface area (Å²) in [6, 6.07) is 1.97. The third-order valence-electron chi connectivity index (χ3n) is 4.50. The van der Waals surface area contributed by atoms with E-state index in [2.05, 4.69) is 27.4 Å². The Balaban J connectivity index is 1.70. The maximum absolute atomic E-state index is 12.3. The van der Waals surface area contributed by atoms with Crippen LogP contribution in [0, 0.1) is 20.8 Å². The van der Waals surface area contributed by atoms with E-state index in [1.807, 2.05) is 18.7 Å². The van der Waals surface area contributed by atoms with Gasteiger partial charge in [0.2, 0.25) is 5.91 Å². The lowest BCUT2D eigenvalue weighted by molar-refractivity contribution is -0.117. The van der Waals surface area contributed by atoms with Crippen molar-refractivity contribution in [2.75, 3.05) is 18.4 Å². The van der Waals surface area contributed by atoms with Crippen LogP contribution in [-0.2, 0) is 11.8 Å². The number of hydrogen-bond acceptors (Lipinski definition) is 5. The number of hydrogen-bond donors (Lipinski definition) is 1. The molecule has 0 bridgehead atoms. The molecule has 0 radical (unpaired) electrons. The van der Waals surface area contributed by atoms with Gasteiger partial charge in [-0.1, -0.05) is 5.16 Å². The van der Waals surface area contributed by atoms with Crippen LogP contribution in [0.4, 0.5) is 5.82 Å². The lowest BCUT2D eigenvalue weighted by atomic mass is 10.0. The molecule has 124 valence electrons. The Morgan fingerprint density at radius 2 is 2.22 bits per heavy atom. The van der Waals surface area contributed by atoms with Gasteiger partial charge >= 0.3 is 0 Å². The van der Waals surface area contributed by atoms with Crippen LogP contribution in [0.1, 0.15) is 41.6 Å². The van der Waals surface area contributed by atoms with Crippen LogP contribution < -0.4 is 5.32 Å². The molecular formula is C16H23N5O2. The van der Waals surface area contributed by atoms with Crippen molar-refractivity contribution < 1.29 is 9.32 Å². The van der Waals surface area contributed by atoms with Crippen LogP contribution in [0.5, 0.6) is 0 Å². The van der Waals surface area contributed by atoms with Crippen LogP contribution in [0.2, 0.25) is 0 Å². The minimum Gasteiger partial charge on any atom is -0.360 e. The number of amides is 1. The van der Waals surface area contributed by atoms with E-state index in [0.717, 1.165) is 25.1 Å². The van der Waals surface area contributed by atoms with E-state index in [0.29, 0.717) is 18.1 Å². The fraction of sp³-hybridized carbons (Fsp3) is 0.562. The van der Waals surface area contributed by atoms with Gasteiger partial charge in [-0.15, -0.1) is 0 Å². The van der Waals surface area contributed by atoms with E-state index in [1.165, 1.54) is 11.3 Å². The quantitative estimate of drug-likeness (QED) is 0.934. The van der Waals surface area contributed by atoms with Gasteiger partial charge in [0.05, 0.1) is 12.2 Å². The van der Waals surface area contributed by atoms with Gasteiger partial charge in [0.1, 0.15) is 5.76 Å². The molecule has 2 aromatic rings. The summed E-state index contributed by atoms with van der Waals surface area (Å²) in [4.78, 5) is 14.5. The first-order valence-corrected chi connectivity index (χ1v) is 7.93. The van der Waals surface area contributed by atoms with Gasteiger partial charge in [-0.2, -0.15) is 5.10 Å². The van der Waals surface area contributed by atoms with Crippen LogP contribution in [-0.4, -0.2) is 38.8 Å². The van der Waals surface area contributed by atoms with E-state index < -0.39 is 0 Å². The van der Waals surface area contributed by atoms with Gasteiger partial charge in [-0.3, -0.25) is 14.4 Å². The van der Waals surface area contributed by atoms with Gasteiger partial charge in [0, 0.05) is 30.4 Å². The summed E-state index contributed by atoms with van der Waals surface area (Å²) in [7, 11) is 1.96. The smallest absolute Gasteiger partial charge is 0.239 e. The number of nitrogens with zero attached hydrogens (tertiary/aromatic N) is 4. The molecule has 1 saturated heterocycles. The predicted molar refractivity (Wildman–Crippen MR) is 86.1 cm³/mol. The Labute approximate surface area is 135 Å². The molecule has 1 amide bonds. The molecule has 1 atom stereocenters. The zero-order valence-corrected chi connectivity index (χ0v) is 14.1. The van der Waals surface area contributed by atoms with E-state index >= 15 is 0 Å². The van der Waals surface area contributed by atoms with Crippen LogP contribution in [0.15, 0.2) is 10.6 Å². The number of rotatable bonds is 4. The molecule has 0 aliphatic carbocycles. The molecule has 23 heavy (non-hydrogen) atoms. The minimum atomic E-state index is -0.0654. The molecule has 0 spiro atoms. The zero-order chi connectivity index (χ0) is 16.6. The topological polar surface area (TPSA) is 76.2 Å². The van der Waals surface area contributed by atoms with E-state index in [9.17, 15) is 4.79 Å². The van der Waals surface area contributed by atoms with Crippen molar-refractivity contribution in [3.8, 4) is 0 Å². The third kappa shape index (κ3) is 3.14. The number of carbonyl (C=O) groups is 1. The Morgan fingerprint density at radius 1 is 1.43 bits per heavy atom. The number of aromatic nitrogens is 3. The molecule has 7 nitrogen and oxygen atoms in total. The molecule has 3 heterocycles. The molecule has 2 aromatic heterocycles. The van der Waals surface area contributed by atoms with Crippen molar-refractivity contribution >= 4 is 11.7 Å². The second-order valence-corrected chi connectivity index (χ2v) is 6.21. The first kappa shape index (κ1) is 15.7. The maximum atomic E-state index is 12.3. The molecule has 1 fully saturated rings. The molecule has 1 aliphatic rings. The molecule has 0 saturated carbocycles. The number of aryl methyl sites for hydroxylation is 3. The van der Waals surface area contributed by atoms with Gasteiger partial charge in [0.15, 0.2) is 5.82 Å². The molecule has 0 aromatic carbocycles. The number of anilines is 1. The fourth-order valence-electron chi connectivity index (χ4n) is 3.41. The summed E-state index contributed by atoms with van der Waals surface area (Å²) in [5, 5.41) is 11.1. The summed E-state index contributed by atoms with van der Waals surface area (Å²) in [5.74, 6) is 1.09. The van der Waals surface area contributed by atoms with E-state index in [1.54, 1.807) is 13.0 Å². The summed E-state index contributed by atoms with van der Waals surface area (Å²) in [5.41, 5.74) is 3.48. The zero-order valence-electron chi connectivity index (χ0n) is 14.1. The van der Waals surface area contributed by atoms with Gasteiger partial charge in [-0.05, 0) is 40.2 Å². The lowest BCUT2D eigenvalue weighted by Gasteiger charge is -2.24. The van der Waals surface area contributed by atoms with Crippen molar-refractivity contribution in [2.24, 2.45) is 7.05 Å². The Morgan fingerprint density at radius 3 is 2.83 bits per heavy atom. The van der Waals surface area contributed by atoms with Crippen molar-refractivity contribution in [2.45, 2.75) is 39.7 Å². The number of nitrogens with one attached hydrogen (secondary N) is 1. The number of likely N-dealkylation sites (tertiary alicyclic amines) is 1. The van der Waals surface area contributed by atoms with Crippen molar-refractivity contribution in [3.05, 3.63) is 28.8 Å². The summed E-state index contributed by atoms with van der Waals surface area (Å²) in [6.07, 6.45) is 2.15. The second-order valence-electron chi connectivity index (χ2n) is 6.21. The second kappa shape index (κ2) is 6.16. The third-order valence-corrected chi connectivity index (χ3v) is 4.50. The summed E-state index contributed by atoms with van der Waals surface area (Å²) < 4.78 is 6.89. The first-order chi connectivity index (χ1) is 11.0. The molecule has 3 rings (SSSR count). The van der Waals surface area contributed by atoms with E-state index in [-0.39, 0.29) is 11.9 Å². The first-order valence-electron chi connectivity index (χ1n) is 7.93. The van der Waals surface area contributed by atoms with Crippen molar-refractivity contribution in [1.29, 1.82) is 0 Å². The van der Waals surface area contributed by atoms with Crippen molar-refractivity contribution in [3.63, 3.8) is 0 Å². The fourth-order valence-corrected chi connectivity index (χ4v) is 3.41. The Bertz CT molecular complexity index is 718. The van der Waals surface area contributed by atoms with Crippen LogP contribution in [0.25, 0.3) is 0 Å². The highest BCUT2D eigenvalue weighted by Crippen LogP contribution is 2.35. The highest BCUT2D eigenvalue weighted by Gasteiger charge is 2.31. The minimum absolute atomic E-state index is 0.0654. The predicted octanol–water partition coefficient (Wildman–Crippen LogP) is 2.11. The van der Waals surface area contributed by atoms with Gasteiger partial charge < -0.3 is 9.84 Å².